The molecule has 0 aromatic carbocycles. The van der Waals surface area contributed by atoms with Gasteiger partial charge in [-0.3, -0.25) is 4.84 Å². The lowest BCUT2D eigenvalue weighted by Gasteiger charge is -2.10. The maximum atomic E-state index is 10.6. The van der Waals surface area contributed by atoms with Crippen molar-refractivity contribution < 1.29 is 13.3 Å². The third kappa shape index (κ3) is 2.49. The number of rotatable bonds is 3. The van der Waals surface area contributed by atoms with Crippen molar-refractivity contribution in [3.05, 3.63) is 0 Å². The highest BCUT2D eigenvalue weighted by Gasteiger charge is 2.14. The van der Waals surface area contributed by atoms with E-state index in [1.807, 2.05) is 0 Å². The number of hydrogen-bond donors (Lipinski definition) is 0. The van der Waals surface area contributed by atoms with Gasteiger partial charge in [0.2, 0.25) is 10.0 Å². The summed E-state index contributed by atoms with van der Waals surface area (Å²) in [6.45, 7) is 0. The minimum Gasteiger partial charge on any atom is -0.288 e. The second-order valence-corrected chi connectivity index (χ2v) is 3.86. The van der Waals surface area contributed by atoms with Crippen LogP contribution in [0.2, 0.25) is 0 Å². The highest BCUT2D eigenvalue weighted by molar-refractivity contribution is 7.90. The third-order valence-electron chi connectivity index (χ3n) is 0.787. The smallest absolute Gasteiger partial charge is 0.249 e. The van der Waals surface area contributed by atoms with Crippen molar-refractivity contribution in [2.75, 3.05) is 19.4 Å². The molecule has 0 unspecified atom stereocenters. The Morgan fingerprint density at radius 2 is 2.11 bits per heavy atom. The molecule has 0 saturated heterocycles. The lowest BCUT2D eigenvalue weighted by atomic mass is 11.5. The third-order valence-corrected chi connectivity index (χ3v) is 2.82. The molecular weight excluding hydrogens is 166 g/mol. The predicted molar refractivity (Wildman–Crippen MR) is 34.4 cm³/mol. The fourth-order valence-electron chi connectivity index (χ4n) is 0.182. The van der Waals surface area contributed by atoms with Crippen LogP contribution in [0.25, 0.3) is 0 Å². The lowest BCUT2D eigenvalue weighted by molar-refractivity contribution is -0.0253. The SMILES string of the molecule is CON(C)S(=O)(=O)CCl. The van der Waals surface area contributed by atoms with E-state index in [1.165, 1.54) is 14.2 Å². The molecule has 9 heavy (non-hydrogen) atoms. The summed E-state index contributed by atoms with van der Waals surface area (Å²) < 4.78 is 21.9. The standard InChI is InChI=1S/C3H8ClNO3S/c1-5(8-2)9(6,7)3-4/h3H2,1-2H3. The normalized spacial score (nSPS) is 12.4. The maximum absolute atomic E-state index is 10.6. The molecule has 0 amide bonds. The molecule has 0 saturated carbocycles. The van der Waals surface area contributed by atoms with Gasteiger partial charge in [-0.25, -0.2) is 8.42 Å². The van der Waals surface area contributed by atoms with Gasteiger partial charge in [0, 0.05) is 7.05 Å². The first kappa shape index (κ1) is 9.16. The van der Waals surface area contributed by atoms with E-state index >= 15 is 0 Å². The molecule has 0 aromatic rings. The quantitative estimate of drug-likeness (QED) is 0.446. The Hall–Kier alpha value is 0.160. The Morgan fingerprint density at radius 3 is 2.22 bits per heavy atom. The zero-order valence-corrected chi connectivity index (χ0v) is 6.74. The van der Waals surface area contributed by atoms with E-state index in [2.05, 4.69) is 4.84 Å². The zero-order chi connectivity index (χ0) is 7.49. The molecule has 0 aliphatic heterocycles. The van der Waals surface area contributed by atoms with E-state index < -0.39 is 15.2 Å². The fourth-order valence-corrected chi connectivity index (χ4v) is 0.959. The Morgan fingerprint density at radius 1 is 1.67 bits per heavy atom. The largest absolute Gasteiger partial charge is 0.288 e. The summed E-state index contributed by atoms with van der Waals surface area (Å²) in [5.74, 6) is 0. The van der Waals surface area contributed by atoms with E-state index in [1.54, 1.807) is 0 Å². The second-order valence-electron chi connectivity index (χ2n) is 1.31. The van der Waals surface area contributed by atoms with Crippen LogP contribution in [0, 0.1) is 0 Å². The van der Waals surface area contributed by atoms with Crippen molar-refractivity contribution in [1.29, 1.82) is 0 Å². The van der Waals surface area contributed by atoms with Crippen LogP contribution in [0.4, 0.5) is 0 Å². The van der Waals surface area contributed by atoms with Gasteiger partial charge in [-0.2, -0.15) is 0 Å². The minimum atomic E-state index is -3.37. The molecule has 6 heteroatoms. The molecule has 0 aromatic heterocycles. The number of halogens is 1. The van der Waals surface area contributed by atoms with Gasteiger partial charge in [0.15, 0.2) is 0 Å². The van der Waals surface area contributed by atoms with Crippen molar-refractivity contribution in [3.8, 4) is 0 Å². The number of sulfonamides is 1. The summed E-state index contributed by atoms with van der Waals surface area (Å²) in [4.78, 5) is 4.37. The Labute approximate surface area is 59.4 Å². The van der Waals surface area contributed by atoms with Crippen LogP contribution in [-0.4, -0.2) is 32.3 Å². The van der Waals surface area contributed by atoms with Crippen LogP contribution in [0.3, 0.4) is 0 Å². The Kier molecular flexibility index (Phi) is 3.42. The average Bonchev–Trinajstić information content (AvgIpc) is 1.86. The molecular formula is C3H8ClNO3S. The lowest BCUT2D eigenvalue weighted by Crippen LogP contribution is -2.26. The van der Waals surface area contributed by atoms with Crippen molar-refractivity contribution in [1.82, 2.24) is 4.47 Å². The van der Waals surface area contributed by atoms with Gasteiger partial charge in [-0.05, 0) is 0 Å². The highest BCUT2D eigenvalue weighted by Crippen LogP contribution is 1.98. The molecule has 0 spiro atoms. The van der Waals surface area contributed by atoms with E-state index in [0.717, 1.165) is 0 Å². The van der Waals surface area contributed by atoms with Gasteiger partial charge in [-0.15, -0.1) is 11.6 Å². The van der Waals surface area contributed by atoms with Crippen molar-refractivity contribution in [3.63, 3.8) is 0 Å². The van der Waals surface area contributed by atoms with Crippen LogP contribution < -0.4 is 0 Å². The molecule has 0 radical (unpaired) electrons. The average molecular weight is 174 g/mol. The van der Waals surface area contributed by atoms with E-state index in [4.69, 9.17) is 11.6 Å². The predicted octanol–water partition coefficient (Wildman–Crippen LogP) is 0.00570. The Bertz CT molecular complexity index is 166. The summed E-state index contributed by atoms with van der Waals surface area (Å²) in [6.07, 6.45) is 0. The van der Waals surface area contributed by atoms with E-state index in [0.29, 0.717) is 4.47 Å². The monoisotopic (exact) mass is 173 g/mol. The first-order chi connectivity index (χ1) is 4.04. The first-order valence-corrected chi connectivity index (χ1v) is 4.25. The molecule has 56 valence electrons. The first-order valence-electron chi connectivity index (χ1n) is 2.11. The second kappa shape index (κ2) is 3.36. The van der Waals surface area contributed by atoms with Crippen LogP contribution in [0.1, 0.15) is 0 Å². The van der Waals surface area contributed by atoms with Crippen LogP contribution in [-0.2, 0) is 14.9 Å². The molecule has 0 N–H and O–H groups in total. The van der Waals surface area contributed by atoms with Gasteiger partial charge in [0.05, 0.1) is 7.11 Å². The molecule has 0 aliphatic rings. The number of nitrogens with zero attached hydrogens (tertiary/aromatic N) is 1. The highest BCUT2D eigenvalue weighted by atomic mass is 35.5. The van der Waals surface area contributed by atoms with E-state index in [9.17, 15) is 8.42 Å². The number of alkyl halides is 1. The summed E-state index contributed by atoms with van der Waals surface area (Å²) in [5.41, 5.74) is 0. The molecule has 0 atom stereocenters. The molecule has 0 bridgehead atoms. The van der Waals surface area contributed by atoms with Gasteiger partial charge in [0.1, 0.15) is 5.21 Å². The molecule has 0 heterocycles. The van der Waals surface area contributed by atoms with Gasteiger partial charge in [0.25, 0.3) is 0 Å². The van der Waals surface area contributed by atoms with Crippen molar-refractivity contribution >= 4 is 21.6 Å². The Balaban J connectivity index is 4.17. The van der Waals surface area contributed by atoms with Gasteiger partial charge >= 0.3 is 0 Å². The van der Waals surface area contributed by atoms with Gasteiger partial charge < -0.3 is 0 Å². The fraction of sp³-hybridized carbons (Fsp3) is 1.00. The molecule has 4 nitrogen and oxygen atoms in total. The minimum absolute atomic E-state index is 0.461. The number of hydroxylamine groups is 1. The molecule has 0 rings (SSSR count). The van der Waals surface area contributed by atoms with Crippen LogP contribution in [0.15, 0.2) is 0 Å². The topological polar surface area (TPSA) is 46.6 Å². The summed E-state index contributed by atoms with van der Waals surface area (Å²) in [5, 5.41) is -0.461. The molecule has 0 fully saturated rings. The maximum Gasteiger partial charge on any atom is 0.249 e. The van der Waals surface area contributed by atoms with E-state index in [-0.39, 0.29) is 0 Å². The summed E-state index contributed by atoms with van der Waals surface area (Å²) in [6, 6.07) is 0. The summed E-state index contributed by atoms with van der Waals surface area (Å²) in [7, 11) is -0.842. The number of hydrogen-bond acceptors (Lipinski definition) is 3. The molecule has 0 aliphatic carbocycles. The van der Waals surface area contributed by atoms with Crippen LogP contribution in [0.5, 0.6) is 0 Å². The van der Waals surface area contributed by atoms with Crippen molar-refractivity contribution in [2.45, 2.75) is 0 Å². The van der Waals surface area contributed by atoms with Crippen molar-refractivity contribution in [2.24, 2.45) is 0 Å². The van der Waals surface area contributed by atoms with Crippen LogP contribution >= 0.6 is 11.6 Å². The zero-order valence-electron chi connectivity index (χ0n) is 5.17. The van der Waals surface area contributed by atoms with Gasteiger partial charge in [-0.1, -0.05) is 4.47 Å². The summed E-state index contributed by atoms with van der Waals surface area (Å²) >= 11 is 5.06.